The molecule has 1 rings (SSSR count). The molecule has 0 spiro atoms. The van der Waals surface area contributed by atoms with E-state index in [9.17, 15) is 8.78 Å². The molecule has 0 saturated heterocycles. The molecule has 0 amide bonds. The van der Waals surface area contributed by atoms with Gasteiger partial charge in [0.15, 0.2) is 0 Å². The number of hydrogen-bond donors (Lipinski definition) is 0. The fraction of sp³-hybridized carbons (Fsp3) is 0.167. The van der Waals surface area contributed by atoms with Crippen molar-refractivity contribution in [3.63, 3.8) is 0 Å². The highest BCUT2D eigenvalue weighted by Gasteiger charge is 2.07. The molecule has 0 N–H and O–H groups in total. The maximum atomic E-state index is 12.5. The zero-order valence-corrected chi connectivity index (χ0v) is 6.17. The summed E-state index contributed by atoms with van der Waals surface area (Å²) in [6.45, 7) is 0. The van der Waals surface area contributed by atoms with Crippen molar-refractivity contribution in [1.82, 2.24) is 4.98 Å². The van der Waals surface area contributed by atoms with Gasteiger partial charge in [0, 0.05) is 0 Å². The molecule has 0 aromatic carbocycles. The minimum atomic E-state index is -4.02. The molecule has 0 saturated carbocycles. The van der Waals surface area contributed by atoms with Gasteiger partial charge in [0.25, 0.3) is 6.40 Å². The second-order valence-electron chi connectivity index (χ2n) is 1.39. The van der Waals surface area contributed by atoms with Crippen molar-refractivity contribution >= 4 is 15.9 Å². The van der Waals surface area contributed by atoms with Crippen LogP contribution in [-0.4, -0.2) is 4.98 Å². The van der Waals surface area contributed by atoms with Crippen LogP contribution in [0, 0.1) is 0 Å². The first-order chi connectivity index (χ1) is 6.25. The van der Waals surface area contributed by atoms with E-state index in [1.165, 1.54) is 0 Å². The van der Waals surface area contributed by atoms with Gasteiger partial charge in [-0.2, -0.15) is 0 Å². The molecular weight excluding hydrogens is 204 g/mol. The van der Waals surface area contributed by atoms with Crippen LogP contribution in [0.4, 0.5) is 8.78 Å². The molecule has 1 nitrogen and oxygen atoms in total. The van der Waals surface area contributed by atoms with Gasteiger partial charge in [-0.05, 0) is 28.0 Å². The highest BCUT2D eigenvalue weighted by molar-refractivity contribution is 9.10. The summed E-state index contributed by atoms with van der Waals surface area (Å²) in [5, 5.41) is 0. The van der Waals surface area contributed by atoms with Gasteiger partial charge in [-0.15, -0.1) is 0 Å². The highest BCUT2D eigenvalue weighted by atomic mass is 79.9. The van der Waals surface area contributed by atoms with Crippen molar-refractivity contribution in [3.8, 4) is 0 Å². The molecule has 0 bridgehead atoms. The molecule has 1 heterocycles. The lowest BCUT2D eigenvalue weighted by Gasteiger charge is -1.96. The Morgan fingerprint density at radius 3 is 3.00 bits per heavy atom. The smallest absolute Gasteiger partial charge is 0.240 e. The van der Waals surface area contributed by atoms with Crippen LogP contribution in [0.1, 0.15) is 17.6 Å². The normalized spacial score (nSPS) is 17.1. The van der Waals surface area contributed by atoms with E-state index in [0.29, 0.717) is 0 Å². The van der Waals surface area contributed by atoms with E-state index in [4.69, 9.17) is 5.48 Å². The number of halogens is 3. The van der Waals surface area contributed by atoms with Crippen LogP contribution in [-0.2, 0) is 0 Å². The van der Waals surface area contributed by atoms with Crippen LogP contribution in [0.5, 0.6) is 0 Å². The molecule has 0 radical (unpaired) electrons. The third-order valence-corrected chi connectivity index (χ3v) is 1.11. The van der Waals surface area contributed by atoms with Crippen molar-refractivity contribution in [3.05, 3.63) is 28.4 Å². The second-order valence-corrected chi connectivity index (χ2v) is 2.14. The number of rotatable bonds is 1. The van der Waals surface area contributed by atoms with Crippen LogP contribution < -0.4 is 0 Å². The number of nitrogens with zero attached hydrogens (tertiary/aromatic N) is 1. The van der Waals surface area contributed by atoms with Gasteiger partial charge in [-0.25, -0.2) is 13.8 Å². The fourth-order valence-electron chi connectivity index (χ4n) is 0.386. The molecule has 1 aromatic rings. The molecule has 1 aromatic heterocycles. The van der Waals surface area contributed by atoms with Crippen LogP contribution in [0.25, 0.3) is 0 Å². The number of aromatic nitrogens is 1. The maximum Gasteiger partial charge on any atom is 0.280 e. The fourth-order valence-corrected chi connectivity index (χ4v) is 0.662. The largest absolute Gasteiger partial charge is 0.280 e. The topological polar surface area (TPSA) is 12.9 Å². The van der Waals surface area contributed by atoms with Gasteiger partial charge in [0.1, 0.15) is 11.7 Å². The average Bonchev–Trinajstić information content (AvgIpc) is 2.06. The van der Waals surface area contributed by atoms with Gasteiger partial charge in [0.2, 0.25) is 0 Å². The molecule has 0 fully saturated rings. The Morgan fingerprint density at radius 2 is 2.40 bits per heavy atom. The van der Waals surface area contributed by atoms with Gasteiger partial charge in [0.05, 0.1) is 4.11 Å². The Morgan fingerprint density at radius 1 is 1.70 bits per heavy atom. The van der Waals surface area contributed by atoms with Crippen molar-refractivity contribution in [2.75, 3.05) is 0 Å². The first-order valence-corrected chi connectivity index (χ1v) is 3.06. The zero-order valence-electron chi connectivity index (χ0n) is 8.58. The Labute approximate surface area is 70.8 Å². The van der Waals surface area contributed by atoms with E-state index in [1.807, 2.05) is 0 Å². The molecule has 4 heteroatoms. The minimum Gasteiger partial charge on any atom is -0.240 e. The Hall–Kier alpha value is -0.510. The predicted molar refractivity (Wildman–Crippen MR) is 36.9 cm³/mol. The monoisotopic (exact) mass is 211 g/mol. The van der Waals surface area contributed by atoms with Gasteiger partial charge < -0.3 is 0 Å². The van der Waals surface area contributed by atoms with Gasteiger partial charge in [-0.1, -0.05) is 6.04 Å². The van der Waals surface area contributed by atoms with Gasteiger partial charge in [-0.3, -0.25) is 0 Å². The van der Waals surface area contributed by atoms with Crippen LogP contribution in [0.3, 0.4) is 0 Å². The molecule has 0 aliphatic heterocycles. The maximum absolute atomic E-state index is 12.5. The Balaban J connectivity index is 3.49. The standard InChI is InChI=1S/C6H4BrF2N/c7-5-3-1-2-4(10-5)6(8)9/h1-3,6H/i1D,2D,3D,6D. The summed E-state index contributed by atoms with van der Waals surface area (Å²) in [4.78, 5) is 3.19. The summed E-state index contributed by atoms with van der Waals surface area (Å²) in [5.74, 6) is 0. The van der Waals surface area contributed by atoms with Crippen molar-refractivity contribution in [2.24, 2.45) is 0 Å². The summed E-state index contributed by atoms with van der Waals surface area (Å²) >= 11 is 2.70. The van der Waals surface area contributed by atoms with Crippen LogP contribution in [0.2, 0.25) is 0 Å². The number of alkyl halides is 2. The van der Waals surface area contributed by atoms with E-state index >= 15 is 0 Å². The van der Waals surface area contributed by atoms with E-state index in [0.717, 1.165) is 0 Å². The summed E-state index contributed by atoms with van der Waals surface area (Å²) in [6, 6.07) is -2.00. The lowest BCUT2D eigenvalue weighted by Crippen LogP contribution is -1.88. The third-order valence-electron chi connectivity index (χ3n) is 0.736. The summed E-state index contributed by atoms with van der Waals surface area (Å²) in [6.07, 6.45) is -4.02. The Bertz CT molecular complexity index is 379. The van der Waals surface area contributed by atoms with Crippen molar-refractivity contribution < 1.29 is 14.3 Å². The molecule has 54 valence electrons. The summed E-state index contributed by atoms with van der Waals surface area (Å²) < 4.78 is 52.6. The SMILES string of the molecule is [2H]c1c(Br)nc(C([2H])(F)F)c([2H])c1[2H]. The van der Waals surface area contributed by atoms with Gasteiger partial charge >= 0.3 is 0 Å². The minimum absolute atomic E-state index is 0.263. The molecular formula is C6H4BrF2N. The molecule has 0 aliphatic rings. The molecule has 0 unspecified atom stereocenters. The Kier molecular flexibility index (Phi) is 1.15. The van der Waals surface area contributed by atoms with E-state index in [2.05, 4.69) is 20.9 Å². The average molecular weight is 212 g/mol. The van der Waals surface area contributed by atoms with Crippen LogP contribution >= 0.6 is 15.9 Å². The van der Waals surface area contributed by atoms with E-state index in [1.54, 1.807) is 0 Å². The van der Waals surface area contributed by atoms with Crippen molar-refractivity contribution in [2.45, 2.75) is 6.40 Å². The highest BCUT2D eigenvalue weighted by Crippen LogP contribution is 2.17. The second kappa shape index (κ2) is 3.05. The van der Waals surface area contributed by atoms with E-state index < -0.39 is 30.2 Å². The number of pyridine rings is 1. The lowest BCUT2D eigenvalue weighted by molar-refractivity contribution is 0.146. The molecule has 0 aliphatic carbocycles. The van der Waals surface area contributed by atoms with Crippen molar-refractivity contribution in [1.29, 1.82) is 0 Å². The zero-order chi connectivity index (χ0) is 11.1. The van der Waals surface area contributed by atoms with E-state index in [-0.39, 0.29) is 4.60 Å². The first kappa shape index (κ1) is 3.76. The lowest BCUT2D eigenvalue weighted by atomic mass is 10.4. The molecule has 0 atom stereocenters. The molecule has 10 heavy (non-hydrogen) atoms. The van der Waals surface area contributed by atoms with Crippen LogP contribution in [0.15, 0.2) is 22.7 Å². The first-order valence-electron chi connectivity index (χ1n) is 4.26. The third kappa shape index (κ3) is 1.73. The predicted octanol–water partition coefficient (Wildman–Crippen LogP) is 2.78. The quantitative estimate of drug-likeness (QED) is 0.652. The summed E-state index contributed by atoms with van der Waals surface area (Å²) in [5.41, 5.74) is -1.12. The summed E-state index contributed by atoms with van der Waals surface area (Å²) in [7, 11) is 0. The number of hydrogen-bond acceptors (Lipinski definition) is 1.